The van der Waals surface area contributed by atoms with Crippen LogP contribution in [-0.2, 0) is 22.7 Å². The van der Waals surface area contributed by atoms with E-state index in [2.05, 4.69) is 20.9 Å². The molecule has 0 atom stereocenters. The Kier molecular flexibility index (Phi) is 7.82. The van der Waals surface area contributed by atoms with Gasteiger partial charge < -0.3 is 4.90 Å². The predicted molar refractivity (Wildman–Crippen MR) is 148 cm³/mol. The lowest BCUT2D eigenvalue weighted by Gasteiger charge is -2.36. The molecule has 0 bridgehead atoms. The van der Waals surface area contributed by atoms with Gasteiger partial charge in [-0.1, -0.05) is 42.0 Å². The lowest BCUT2D eigenvalue weighted by molar-refractivity contribution is -0.144. The van der Waals surface area contributed by atoms with Crippen molar-refractivity contribution < 1.29 is 26.0 Å². The number of aromatic nitrogens is 2. The van der Waals surface area contributed by atoms with Gasteiger partial charge in [-0.3, -0.25) is 4.90 Å². The van der Waals surface area contributed by atoms with E-state index < -0.39 is 27.8 Å². The molecule has 4 aromatic rings. The average molecular weight is 586 g/mol. The second-order valence-electron chi connectivity index (χ2n) is 9.92. The standard InChI is InChI=1S/C29H27F4N5O2S/c1-19-4-2-5-20(16-19)18-37-12-14-38(15-13-37)27-25(22-6-3-7-24(17-22)41(34,39)40)26(21-8-10-23(30)11-9-21)35-28(36-27)29(31,32)33/h2-11,16-17H,12-15,18H2,1H3,(H2,34,39,40). The summed E-state index contributed by atoms with van der Waals surface area (Å²) >= 11 is 0. The van der Waals surface area contributed by atoms with Crippen LogP contribution in [0.25, 0.3) is 22.4 Å². The molecule has 3 aromatic carbocycles. The molecule has 41 heavy (non-hydrogen) atoms. The molecule has 1 aliphatic heterocycles. The molecule has 1 fully saturated rings. The average Bonchev–Trinajstić information content (AvgIpc) is 2.92. The van der Waals surface area contributed by atoms with Crippen LogP contribution >= 0.6 is 0 Å². The van der Waals surface area contributed by atoms with E-state index in [1.165, 1.54) is 30.3 Å². The summed E-state index contributed by atoms with van der Waals surface area (Å²) in [7, 11) is -4.12. The number of sulfonamides is 1. The Morgan fingerprint density at radius 2 is 1.56 bits per heavy atom. The highest BCUT2D eigenvalue weighted by molar-refractivity contribution is 7.89. The summed E-state index contributed by atoms with van der Waals surface area (Å²) < 4.78 is 80.3. The Morgan fingerprint density at radius 3 is 2.20 bits per heavy atom. The molecule has 7 nitrogen and oxygen atoms in total. The van der Waals surface area contributed by atoms with E-state index in [9.17, 15) is 26.0 Å². The lowest BCUT2D eigenvalue weighted by Crippen LogP contribution is -2.46. The second-order valence-corrected chi connectivity index (χ2v) is 11.5. The minimum atomic E-state index is -4.86. The Balaban J connectivity index is 1.62. The molecule has 1 aliphatic rings. The zero-order chi connectivity index (χ0) is 29.4. The summed E-state index contributed by atoms with van der Waals surface area (Å²) in [5.41, 5.74) is 2.86. The van der Waals surface area contributed by atoms with Crippen LogP contribution in [0.2, 0.25) is 0 Å². The van der Waals surface area contributed by atoms with E-state index in [4.69, 9.17) is 5.14 Å². The van der Waals surface area contributed by atoms with Gasteiger partial charge in [-0.2, -0.15) is 13.2 Å². The van der Waals surface area contributed by atoms with Gasteiger partial charge >= 0.3 is 6.18 Å². The maximum absolute atomic E-state index is 14.1. The maximum atomic E-state index is 14.1. The second kappa shape index (κ2) is 11.2. The normalized spacial score (nSPS) is 14.8. The third-order valence-electron chi connectivity index (χ3n) is 6.87. The zero-order valence-electron chi connectivity index (χ0n) is 22.1. The summed E-state index contributed by atoms with van der Waals surface area (Å²) in [6.07, 6.45) is -4.86. The molecule has 2 heterocycles. The van der Waals surface area contributed by atoms with Crippen molar-refractivity contribution in [2.24, 2.45) is 5.14 Å². The van der Waals surface area contributed by atoms with E-state index in [0.29, 0.717) is 32.7 Å². The van der Waals surface area contributed by atoms with E-state index in [1.807, 2.05) is 25.1 Å². The topological polar surface area (TPSA) is 92.4 Å². The number of nitrogens with two attached hydrogens (primary N) is 1. The summed E-state index contributed by atoms with van der Waals surface area (Å²) in [5, 5.41) is 5.35. The fourth-order valence-electron chi connectivity index (χ4n) is 4.90. The van der Waals surface area contributed by atoms with Gasteiger partial charge in [-0.15, -0.1) is 0 Å². The highest BCUT2D eigenvalue weighted by Crippen LogP contribution is 2.41. The van der Waals surface area contributed by atoms with Gasteiger partial charge in [0.05, 0.1) is 16.2 Å². The number of hydrogen-bond acceptors (Lipinski definition) is 6. The molecule has 5 rings (SSSR count). The first kappa shape index (κ1) is 28.7. The van der Waals surface area contributed by atoms with Crippen LogP contribution < -0.4 is 10.0 Å². The minimum absolute atomic E-state index is 0.00780. The van der Waals surface area contributed by atoms with E-state index in [-0.39, 0.29) is 33.1 Å². The largest absolute Gasteiger partial charge is 0.451 e. The number of aryl methyl sites for hydroxylation is 1. The number of anilines is 1. The smallest absolute Gasteiger partial charge is 0.353 e. The quantitative estimate of drug-likeness (QED) is 0.311. The van der Waals surface area contributed by atoms with Gasteiger partial charge in [-0.25, -0.2) is 27.9 Å². The highest BCUT2D eigenvalue weighted by atomic mass is 32.2. The Morgan fingerprint density at radius 1 is 0.878 bits per heavy atom. The van der Waals surface area contributed by atoms with Crippen LogP contribution in [0.1, 0.15) is 17.0 Å². The molecule has 1 aromatic heterocycles. The SMILES string of the molecule is Cc1cccc(CN2CCN(c3nc(C(F)(F)F)nc(-c4ccc(F)cc4)c3-c3cccc(S(N)(=O)=O)c3)CC2)c1. The first-order chi connectivity index (χ1) is 19.4. The lowest BCUT2D eigenvalue weighted by atomic mass is 9.98. The third-order valence-corrected chi connectivity index (χ3v) is 7.78. The Hall–Kier alpha value is -3.87. The first-order valence-electron chi connectivity index (χ1n) is 12.8. The van der Waals surface area contributed by atoms with Crippen molar-refractivity contribution in [1.29, 1.82) is 0 Å². The fourth-order valence-corrected chi connectivity index (χ4v) is 5.46. The van der Waals surface area contributed by atoms with Crippen LogP contribution in [0.5, 0.6) is 0 Å². The molecular weight excluding hydrogens is 558 g/mol. The number of alkyl halides is 3. The van der Waals surface area contributed by atoms with E-state index in [0.717, 1.165) is 23.3 Å². The highest BCUT2D eigenvalue weighted by Gasteiger charge is 2.38. The number of benzene rings is 3. The molecule has 214 valence electrons. The van der Waals surface area contributed by atoms with Crippen molar-refractivity contribution in [3.05, 3.63) is 95.6 Å². The van der Waals surface area contributed by atoms with Crippen molar-refractivity contribution in [2.45, 2.75) is 24.5 Å². The van der Waals surface area contributed by atoms with Gasteiger partial charge in [0.25, 0.3) is 0 Å². The van der Waals surface area contributed by atoms with Crippen molar-refractivity contribution in [1.82, 2.24) is 14.9 Å². The molecule has 1 saturated heterocycles. The number of nitrogens with zero attached hydrogens (tertiary/aromatic N) is 4. The molecule has 12 heteroatoms. The first-order valence-corrected chi connectivity index (χ1v) is 14.3. The van der Waals surface area contributed by atoms with Gasteiger partial charge in [-0.05, 0) is 54.4 Å². The van der Waals surface area contributed by atoms with Gasteiger partial charge in [0.2, 0.25) is 15.8 Å². The van der Waals surface area contributed by atoms with Crippen molar-refractivity contribution in [2.75, 3.05) is 31.1 Å². The summed E-state index contributed by atoms with van der Waals surface area (Å²) in [5.74, 6) is -1.91. The fraction of sp³-hybridized carbons (Fsp3) is 0.241. The third kappa shape index (κ3) is 6.55. The van der Waals surface area contributed by atoms with Crippen LogP contribution in [0.4, 0.5) is 23.4 Å². The van der Waals surface area contributed by atoms with Crippen molar-refractivity contribution >= 4 is 15.8 Å². The number of piperazine rings is 1. The molecule has 0 aliphatic carbocycles. The monoisotopic (exact) mass is 585 g/mol. The summed E-state index contributed by atoms with van der Waals surface area (Å²) in [6.45, 7) is 4.55. The van der Waals surface area contributed by atoms with E-state index >= 15 is 0 Å². The maximum Gasteiger partial charge on any atom is 0.451 e. The van der Waals surface area contributed by atoms with Gasteiger partial charge in [0, 0.05) is 38.3 Å². The molecule has 0 spiro atoms. The van der Waals surface area contributed by atoms with Crippen molar-refractivity contribution in [3.8, 4) is 22.4 Å². The molecule has 0 amide bonds. The Bertz CT molecular complexity index is 1670. The summed E-state index contributed by atoms with van der Waals surface area (Å²) in [6, 6.07) is 18.6. The molecule has 0 saturated carbocycles. The number of hydrogen-bond donors (Lipinski definition) is 1. The number of primary sulfonamides is 1. The van der Waals surface area contributed by atoms with Crippen LogP contribution in [0.15, 0.2) is 77.7 Å². The molecule has 0 radical (unpaired) electrons. The van der Waals surface area contributed by atoms with Gasteiger partial charge in [0.1, 0.15) is 11.6 Å². The van der Waals surface area contributed by atoms with Gasteiger partial charge in [0.15, 0.2) is 0 Å². The summed E-state index contributed by atoms with van der Waals surface area (Å²) in [4.78, 5) is 11.6. The zero-order valence-corrected chi connectivity index (χ0v) is 22.9. The number of rotatable bonds is 6. The van der Waals surface area contributed by atoms with Crippen LogP contribution in [0.3, 0.4) is 0 Å². The molecule has 0 unspecified atom stereocenters. The van der Waals surface area contributed by atoms with E-state index in [1.54, 1.807) is 11.0 Å². The molecule has 2 N–H and O–H groups in total. The van der Waals surface area contributed by atoms with Crippen LogP contribution in [-0.4, -0.2) is 49.5 Å². The minimum Gasteiger partial charge on any atom is -0.353 e. The Labute approximate surface area is 235 Å². The molecular formula is C29H27F4N5O2S. The van der Waals surface area contributed by atoms with Crippen molar-refractivity contribution in [3.63, 3.8) is 0 Å². The predicted octanol–water partition coefficient (Wildman–Crippen LogP) is 5.25. The van der Waals surface area contributed by atoms with Crippen LogP contribution in [0, 0.1) is 12.7 Å². The number of halogens is 4.